The molecule has 1 atom stereocenters. The van der Waals surface area contributed by atoms with Crippen LogP contribution in [0, 0.1) is 5.92 Å². The average Bonchev–Trinajstić information content (AvgIpc) is 3.17. The number of hydrogen-bond donors (Lipinski definition) is 1. The second-order valence-electron chi connectivity index (χ2n) is 5.31. The fraction of sp³-hybridized carbons (Fsp3) is 0.357. The third-order valence-electron chi connectivity index (χ3n) is 3.72. The highest BCUT2D eigenvalue weighted by Gasteiger charge is 2.31. The Kier molecular flexibility index (Phi) is 4.24. The molecule has 0 spiro atoms. The number of aliphatic carboxylic acids is 1. The summed E-state index contributed by atoms with van der Waals surface area (Å²) in [5, 5.41) is 21.5. The summed E-state index contributed by atoms with van der Waals surface area (Å²) in [6.07, 6.45) is 0.474. The van der Waals surface area contributed by atoms with Crippen LogP contribution in [0.1, 0.15) is 6.42 Å². The van der Waals surface area contributed by atoms with E-state index in [4.69, 9.17) is 16.7 Å². The van der Waals surface area contributed by atoms with E-state index >= 15 is 0 Å². The lowest BCUT2D eigenvalue weighted by molar-refractivity contribution is -0.141. The maximum absolute atomic E-state index is 12.2. The Morgan fingerprint density at radius 1 is 1.30 bits per heavy atom. The fourth-order valence-electron chi connectivity index (χ4n) is 2.43. The minimum Gasteiger partial charge on any atom is -0.481 e. The number of carboxylic acids is 1. The molecule has 120 valence electrons. The van der Waals surface area contributed by atoms with Crippen molar-refractivity contribution in [1.82, 2.24) is 25.1 Å². The number of amides is 1. The van der Waals surface area contributed by atoms with Crippen molar-refractivity contribution in [2.45, 2.75) is 13.0 Å². The lowest BCUT2D eigenvalue weighted by atomic mass is 10.1. The molecule has 0 radical (unpaired) electrons. The van der Waals surface area contributed by atoms with E-state index in [0.29, 0.717) is 23.8 Å². The number of carboxylic acid groups (broad SMARTS) is 1. The maximum atomic E-state index is 12.2. The van der Waals surface area contributed by atoms with Gasteiger partial charge in [0.2, 0.25) is 11.7 Å². The fourth-order valence-corrected chi connectivity index (χ4v) is 2.56. The summed E-state index contributed by atoms with van der Waals surface area (Å²) in [6, 6.07) is 6.98. The highest BCUT2D eigenvalue weighted by Crippen LogP contribution is 2.18. The van der Waals surface area contributed by atoms with Gasteiger partial charge in [0.15, 0.2) is 0 Å². The monoisotopic (exact) mass is 335 g/mol. The third-order valence-corrected chi connectivity index (χ3v) is 3.97. The molecule has 23 heavy (non-hydrogen) atoms. The van der Waals surface area contributed by atoms with Gasteiger partial charge in [-0.05, 0) is 35.9 Å². The van der Waals surface area contributed by atoms with Crippen molar-refractivity contribution in [3.8, 4) is 11.4 Å². The van der Waals surface area contributed by atoms with Crippen molar-refractivity contribution in [3.05, 3.63) is 29.3 Å². The Balaban J connectivity index is 1.64. The minimum absolute atomic E-state index is 0.0626. The van der Waals surface area contributed by atoms with Crippen molar-refractivity contribution >= 4 is 23.5 Å². The molecule has 1 aromatic heterocycles. The number of tetrazole rings is 1. The van der Waals surface area contributed by atoms with Gasteiger partial charge < -0.3 is 10.0 Å². The van der Waals surface area contributed by atoms with Crippen LogP contribution < -0.4 is 0 Å². The van der Waals surface area contributed by atoms with Crippen molar-refractivity contribution in [1.29, 1.82) is 0 Å². The van der Waals surface area contributed by atoms with Crippen molar-refractivity contribution in [2.75, 3.05) is 13.1 Å². The molecule has 1 saturated heterocycles. The molecule has 0 aliphatic carbocycles. The van der Waals surface area contributed by atoms with E-state index in [1.165, 1.54) is 9.70 Å². The molecular weight excluding hydrogens is 322 g/mol. The van der Waals surface area contributed by atoms with Crippen LogP contribution >= 0.6 is 11.6 Å². The number of carbonyl (C=O) groups is 2. The predicted octanol–water partition coefficient (Wildman–Crippen LogP) is 0.927. The van der Waals surface area contributed by atoms with Crippen molar-refractivity contribution in [3.63, 3.8) is 0 Å². The van der Waals surface area contributed by atoms with Crippen molar-refractivity contribution < 1.29 is 14.7 Å². The predicted molar refractivity (Wildman–Crippen MR) is 80.6 cm³/mol. The Hall–Kier alpha value is -2.48. The molecule has 0 bridgehead atoms. The first-order valence-electron chi connectivity index (χ1n) is 7.07. The lowest BCUT2D eigenvalue weighted by Gasteiger charge is -2.14. The van der Waals surface area contributed by atoms with Gasteiger partial charge in [0, 0.05) is 23.7 Å². The number of halogens is 1. The van der Waals surface area contributed by atoms with E-state index in [1.807, 2.05) is 0 Å². The number of carbonyl (C=O) groups excluding carboxylic acids is 1. The number of rotatable bonds is 4. The topological polar surface area (TPSA) is 101 Å². The second kappa shape index (κ2) is 6.33. The largest absolute Gasteiger partial charge is 0.481 e. The lowest BCUT2D eigenvalue weighted by Crippen LogP contribution is -2.33. The zero-order valence-electron chi connectivity index (χ0n) is 12.1. The van der Waals surface area contributed by atoms with Gasteiger partial charge in [-0.2, -0.15) is 4.80 Å². The normalized spacial score (nSPS) is 17.4. The van der Waals surface area contributed by atoms with Crippen LogP contribution in [0.25, 0.3) is 11.4 Å². The zero-order chi connectivity index (χ0) is 16.4. The average molecular weight is 336 g/mol. The van der Waals surface area contributed by atoms with Crippen LogP contribution in [-0.4, -0.2) is 55.2 Å². The van der Waals surface area contributed by atoms with Crippen LogP contribution in [0.3, 0.4) is 0 Å². The molecule has 2 aromatic rings. The van der Waals surface area contributed by atoms with Gasteiger partial charge in [-0.15, -0.1) is 10.2 Å². The van der Waals surface area contributed by atoms with Gasteiger partial charge in [-0.1, -0.05) is 11.6 Å². The number of benzene rings is 1. The van der Waals surface area contributed by atoms with E-state index < -0.39 is 11.9 Å². The first-order valence-corrected chi connectivity index (χ1v) is 7.45. The minimum atomic E-state index is -0.871. The highest BCUT2D eigenvalue weighted by molar-refractivity contribution is 6.30. The molecule has 1 aliphatic rings. The van der Waals surface area contributed by atoms with E-state index in [-0.39, 0.29) is 19.0 Å². The number of hydrogen-bond acceptors (Lipinski definition) is 5. The van der Waals surface area contributed by atoms with Crippen LogP contribution in [0.2, 0.25) is 5.02 Å². The quantitative estimate of drug-likeness (QED) is 0.891. The summed E-state index contributed by atoms with van der Waals surface area (Å²) >= 11 is 5.83. The molecule has 1 N–H and O–H groups in total. The molecule has 1 aliphatic heterocycles. The summed E-state index contributed by atoms with van der Waals surface area (Å²) in [4.78, 5) is 25.8. The first kappa shape index (κ1) is 15.4. The number of nitrogens with zero attached hydrogens (tertiary/aromatic N) is 5. The smallest absolute Gasteiger partial charge is 0.308 e. The number of likely N-dealkylation sites (tertiary alicyclic amines) is 1. The molecule has 1 fully saturated rings. The summed E-state index contributed by atoms with van der Waals surface area (Å²) in [6.45, 7) is 0.606. The van der Waals surface area contributed by atoms with Crippen molar-refractivity contribution in [2.24, 2.45) is 5.92 Å². The van der Waals surface area contributed by atoms with E-state index in [2.05, 4.69) is 15.4 Å². The summed E-state index contributed by atoms with van der Waals surface area (Å²) in [5.74, 6) is -1.18. The molecular formula is C14H14ClN5O3. The van der Waals surface area contributed by atoms with Gasteiger partial charge in [-0.25, -0.2) is 0 Å². The van der Waals surface area contributed by atoms with E-state index in [9.17, 15) is 9.59 Å². The van der Waals surface area contributed by atoms with E-state index in [1.54, 1.807) is 24.3 Å². The van der Waals surface area contributed by atoms with Crippen LogP contribution in [0.4, 0.5) is 0 Å². The van der Waals surface area contributed by atoms with Gasteiger partial charge >= 0.3 is 5.97 Å². The SMILES string of the molecule is O=C(O)C1CCN(C(=O)Cn2nnc(-c3ccc(Cl)cc3)n2)C1. The molecule has 2 heterocycles. The van der Waals surface area contributed by atoms with E-state index in [0.717, 1.165) is 5.56 Å². The molecule has 8 nitrogen and oxygen atoms in total. The number of aromatic nitrogens is 4. The van der Waals surface area contributed by atoms with Gasteiger partial charge in [-0.3, -0.25) is 9.59 Å². The summed E-state index contributed by atoms with van der Waals surface area (Å²) in [5.41, 5.74) is 0.750. The Morgan fingerprint density at radius 3 is 2.70 bits per heavy atom. The van der Waals surface area contributed by atoms with Crippen LogP contribution in [0.15, 0.2) is 24.3 Å². The van der Waals surface area contributed by atoms with Crippen LogP contribution in [0.5, 0.6) is 0 Å². The van der Waals surface area contributed by atoms with Gasteiger partial charge in [0.1, 0.15) is 6.54 Å². The first-order chi connectivity index (χ1) is 11.0. The Labute approximate surface area is 136 Å². The highest BCUT2D eigenvalue weighted by atomic mass is 35.5. The van der Waals surface area contributed by atoms with Gasteiger partial charge in [0.05, 0.1) is 5.92 Å². The van der Waals surface area contributed by atoms with Crippen LogP contribution in [-0.2, 0) is 16.1 Å². The Bertz CT molecular complexity index is 730. The standard InChI is InChI=1S/C14H14ClN5O3/c15-11-3-1-9(2-4-11)13-16-18-20(17-13)8-12(21)19-6-5-10(7-19)14(22)23/h1-4,10H,5-8H2,(H,22,23). The maximum Gasteiger partial charge on any atom is 0.308 e. The third kappa shape index (κ3) is 3.48. The summed E-state index contributed by atoms with van der Waals surface area (Å²) in [7, 11) is 0. The Morgan fingerprint density at radius 2 is 2.04 bits per heavy atom. The zero-order valence-corrected chi connectivity index (χ0v) is 12.8. The van der Waals surface area contributed by atoms with Gasteiger partial charge in [0.25, 0.3) is 0 Å². The molecule has 0 saturated carbocycles. The molecule has 1 aromatic carbocycles. The molecule has 9 heteroatoms. The second-order valence-corrected chi connectivity index (χ2v) is 5.75. The molecule has 1 amide bonds. The molecule has 3 rings (SSSR count). The summed E-state index contributed by atoms with van der Waals surface area (Å²) < 4.78 is 0. The molecule has 1 unspecified atom stereocenters.